The maximum Gasteiger partial charge on any atom is 0.404 e. The lowest BCUT2D eigenvalue weighted by atomic mass is 9.84. The first-order chi connectivity index (χ1) is 19.0. The van der Waals surface area contributed by atoms with Gasteiger partial charge in [-0.05, 0) is 71.6 Å². The van der Waals surface area contributed by atoms with E-state index in [4.69, 9.17) is 10.8 Å². The molecule has 1 aliphatic rings. The van der Waals surface area contributed by atoms with Gasteiger partial charge in [-0.2, -0.15) is 0 Å². The zero-order valence-electron chi connectivity index (χ0n) is 26.3. The Morgan fingerprint density at radius 3 is 2.15 bits per heavy atom. The van der Waals surface area contributed by atoms with E-state index in [1.807, 2.05) is 47.4 Å². The number of benzene rings is 2. The second-order valence-electron chi connectivity index (χ2n) is 11.9. The van der Waals surface area contributed by atoms with Crippen molar-refractivity contribution in [2.24, 2.45) is 11.7 Å². The van der Waals surface area contributed by atoms with Crippen molar-refractivity contribution in [1.29, 1.82) is 0 Å². The van der Waals surface area contributed by atoms with Gasteiger partial charge in [0.25, 0.3) is 5.91 Å². The zero-order chi connectivity index (χ0) is 31.4. The van der Waals surface area contributed by atoms with Gasteiger partial charge in [0.05, 0.1) is 6.61 Å². The molecule has 0 aromatic heterocycles. The molecule has 230 valence electrons. The number of fused-ring (bicyclic) bond motifs is 1. The predicted octanol–water partition coefficient (Wildman–Crippen LogP) is 5.49. The molecular formula is C32H51N3O5S. The van der Waals surface area contributed by atoms with Crippen LogP contribution in [0.25, 0.3) is 0 Å². The highest BCUT2D eigenvalue weighted by molar-refractivity contribution is 8.33. The molecule has 3 rings (SSSR count). The van der Waals surface area contributed by atoms with Crippen LogP contribution in [0.3, 0.4) is 0 Å². The standard InChI is InChI=1S/C17H24N2O3.C8H9NO2.C7H18S/c1-4-15-11(2)9-14-10-13(17(22)18-7-8-20)5-6-16(14)19(15)12(3)21;9-8(10)11-6-7-4-2-1-3-5-7;1-7(2,3)8(4,5)6/h5-6,10-11,15,20H,4,7-9H2,1-3H3,(H,18,22);1-5H,6H2,(H2,9,10);1-6H3/t11?,15-;;/m0../s1. The van der Waals surface area contributed by atoms with Gasteiger partial charge in [0.2, 0.25) is 5.91 Å². The number of hydrogen-bond acceptors (Lipinski definition) is 5. The molecule has 8 nitrogen and oxygen atoms in total. The summed E-state index contributed by atoms with van der Waals surface area (Å²) in [5.74, 6) is 0.200. The van der Waals surface area contributed by atoms with Gasteiger partial charge in [-0.15, -0.1) is 0 Å². The molecule has 0 spiro atoms. The zero-order valence-corrected chi connectivity index (χ0v) is 27.1. The molecule has 2 aromatic carbocycles. The second kappa shape index (κ2) is 16.4. The SMILES string of the molecule is CC(C)(C)S(C)(C)C.CC[C@H]1C(C)Cc2cc(C(=O)NCCO)ccc2N1C(C)=O.NC(=O)OCc1ccccc1. The quantitative estimate of drug-likeness (QED) is 0.411. The van der Waals surface area contributed by atoms with Crippen LogP contribution >= 0.6 is 10.0 Å². The van der Waals surface area contributed by atoms with E-state index >= 15 is 0 Å². The van der Waals surface area contributed by atoms with Gasteiger partial charge in [-0.1, -0.05) is 65.0 Å². The van der Waals surface area contributed by atoms with E-state index in [0.29, 0.717) is 16.2 Å². The summed E-state index contributed by atoms with van der Waals surface area (Å²) in [5, 5.41) is 11.4. The largest absolute Gasteiger partial charge is 0.445 e. The number of amides is 3. The molecule has 4 N–H and O–H groups in total. The van der Waals surface area contributed by atoms with Crippen LogP contribution in [0.1, 0.15) is 69.4 Å². The van der Waals surface area contributed by atoms with Crippen LogP contribution < -0.4 is 16.0 Å². The molecule has 1 aliphatic heterocycles. The Balaban J connectivity index is 0.000000367. The van der Waals surface area contributed by atoms with Crippen molar-refractivity contribution >= 4 is 33.6 Å². The highest BCUT2D eigenvalue weighted by Crippen LogP contribution is 2.48. The number of rotatable bonds is 6. The third-order valence-electron chi connectivity index (χ3n) is 7.35. The number of aliphatic hydroxyl groups is 1. The van der Waals surface area contributed by atoms with Crippen LogP contribution in [0.15, 0.2) is 48.5 Å². The number of hydrogen-bond donors (Lipinski definition) is 3. The Bertz CT molecular complexity index is 1110. The van der Waals surface area contributed by atoms with E-state index in [-0.39, 0.29) is 47.6 Å². The number of primary amides is 1. The van der Waals surface area contributed by atoms with E-state index in [0.717, 1.165) is 29.7 Å². The van der Waals surface area contributed by atoms with Crippen LogP contribution in [-0.4, -0.2) is 65.7 Å². The number of anilines is 1. The first-order valence-electron chi connectivity index (χ1n) is 14.0. The molecule has 0 saturated carbocycles. The average Bonchev–Trinajstić information content (AvgIpc) is 2.89. The average molecular weight is 590 g/mol. The lowest BCUT2D eigenvalue weighted by Crippen LogP contribution is -2.46. The fraction of sp³-hybridized carbons (Fsp3) is 0.531. The van der Waals surface area contributed by atoms with Crippen LogP contribution in [-0.2, 0) is 22.6 Å². The maximum absolute atomic E-state index is 12.1. The lowest BCUT2D eigenvalue weighted by Gasteiger charge is -2.40. The molecule has 0 aliphatic carbocycles. The topological polar surface area (TPSA) is 122 Å². The van der Waals surface area contributed by atoms with Crippen molar-refractivity contribution in [2.75, 3.05) is 36.8 Å². The van der Waals surface area contributed by atoms with Crippen molar-refractivity contribution in [3.8, 4) is 0 Å². The predicted molar refractivity (Wildman–Crippen MR) is 172 cm³/mol. The number of nitrogens with zero attached hydrogens (tertiary/aromatic N) is 1. The number of carbonyl (C=O) groups excluding carboxylic acids is 3. The van der Waals surface area contributed by atoms with Crippen LogP contribution in [0.5, 0.6) is 0 Å². The van der Waals surface area contributed by atoms with Crippen molar-refractivity contribution in [1.82, 2.24) is 5.32 Å². The summed E-state index contributed by atoms with van der Waals surface area (Å²) < 4.78 is 5.09. The summed E-state index contributed by atoms with van der Waals surface area (Å²) in [7, 11) is -0.340. The Morgan fingerprint density at radius 2 is 1.68 bits per heavy atom. The van der Waals surface area contributed by atoms with E-state index in [2.05, 4.69) is 63.4 Å². The van der Waals surface area contributed by atoms with E-state index in [9.17, 15) is 14.4 Å². The summed E-state index contributed by atoms with van der Waals surface area (Å²) in [6.07, 6.45) is 8.10. The van der Waals surface area contributed by atoms with Gasteiger partial charge in [0, 0.05) is 30.8 Å². The molecule has 2 aromatic rings. The van der Waals surface area contributed by atoms with Crippen molar-refractivity contribution in [2.45, 2.75) is 71.8 Å². The van der Waals surface area contributed by atoms with Gasteiger partial charge in [0.1, 0.15) is 6.61 Å². The monoisotopic (exact) mass is 589 g/mol. The molecule has 41 heavy (non-hydrogen) atoms. The number of aliphatic hydroxyl groups excluding tert-OH is 1. The van der Waals surface area contributed by atoms with Gasteiger partial charge >= 0.3 is 6.09 Å². The molecule has 0 bridgehead atoms. The number of nitrogens with two attached hydrogens (primary N) is 1. The van der Waals surface area contributed by atoms with Crippen molar-refractivity contribution in [3.05, 3.63) is 65.2 Å². The molecule has 0 radical (unpaired) electrons. The Morgan fingerprint density at radius 1 is 1.10 bits per heavy atom. The molecule has 1 unspecified atom stereocenters. The summed E-state index contributed by atoms with van der Waals surface area (Å²) in [6, 6.07) is 15.0. The summed E-state index contributed by atoms with van der Waals surface area (Å²) in [5.41, 5.74) is 8.23. The first kappa shape index (κ1) is 36.0. The van der Waals surface area contributed by atoms with Crippen molar-refractivity contribution in [3.63, 3.8) is 0 Å². The van der Waals surface area contributed by atoms with Crippen LogP contribution in [0.4, 0.5) is 10.5 Å². The number of ether oxygens (including phenoxy) is 1. The maximum atomic E-state index is 12.1. The van der Waals surface area contributed by atoms with E-state index < -0.39 is 6.09 Å². The summed E-state index contributed by atoms with van der Waals surface area (Å²) in [6.45, 7) is 13.2. The summed E-state index contributed by atoms with van der Waals surface area (Å²) >= 11 is 0. The fourth-order valence-electron chi connectivity index (χ4n) is 4.03. The minimum absolute atomic E-state index is 0.0390. The van der Waals surface area contributed by atoms with Gasteiger partial charge in [-0.3, -0.25) is 9.59 Å². The Labute approximate surface area is 248 Å². The molecule has 0 fully saturated rings. The molecular weight excluding hydrogens is 538 g/mol. The second-order valence-corrected chi connectivity index (χ2v) is 16.8. The highest BCUT2D eigenvalue weighted by Gasteiger charge is 2.33. The molecule has 9 heteroatoms. The van der Waals surface area contributed by atoms with Crippen molar-refractivity contribution < 1.29 is 24.2 Å². The van der Waals surface area contributed by atoms with Crippen LogP contribution in [0, 0.1) is 5.92 Å². The van der Waals surface area contributed by atoms with E-state index in [1.165, 1.54) is 0 Å². The fourth-order valence-corrected chi connectivity index (χ4v) is 4.03. The van der Waals surface area contributed by atoms with Gasteiger partial charge in [-0.25, -0.2) is 14.8 Å². The van der Waals surface area contributed by atoms with E-state index in [1.54, 1.807) is 13.0 Å². The number of nitrogens with one attached hydrogen (secondary N) is 1. The third kappa shape index (κ3) is 11.8. The molecule has 2 atom stereocenters. The first-order valence-corrected chi connectivity index (χ1v) is 16.8. The Hall–Kier alpha value is -3.04. The van der Waals surface area contributed by atoms with Crippen LogP contribution in [0.2, 0.25) is 0 Å². The minimum atomic E-state index is -0.742. The summed E-state index contributed by atoms with van der Waals surface area (Å²) in [4.78, 5) is 36.1. The molecule has 1 heterocycles. The van der Waals surface area contributed by atoms with Gasteiger partial charge < -0.3 is 25.8 Å². The minimum Gasteiger partial charge on any atom is -0.445 e. The Kier molecular flexibility index (Phi) is 14.4. The van der Waals surface area contributed by atoms with Gasteiger partial charge in [0.15, 0.2) is 0 Å². The smallest absolute Gasteiger partial charge is 0.404 e. The number of carbonyl (C=O) groups is 3. The highest BCUT2D eigenvalue weighted by atomic mass is 32.3. The molecule has 0 saturated heterocycles. The normalized spacial score (nSPS) is 16.6. The molecule has 3 amide bonds. The third-order valence-corrected chi connectivity index (χ3v) is 11.0. The lowest BCUT2D eigenvalue weighted by molar-refractivity contribution is -0.117.